The smallest absolute Gasteiger partial charge is 0.0638 e. The molecule has 0 saturated carbocycles. The van der Waals surface area contributed by atoms with E-state index in [9.17, 15) is 0 Å². The van der Waals surface area contributed by atoms with Crippen LogP contribution in [0.1, 0.15) is 34.1 Å². The minimum absolute atomic E-state index is 0.112. The van der Waals surface area contributed by atoms with Crippen molar-refractivity contribution < 1.29 is 0 Å². The van der Waals surface area contributed by atoms with Crippen LogP contribution in [0.25, 0.3) is 0 Å². The fourth-order valence-electron chi connectivity index (χ4n) is 1.42. The Bertz CT molecular complexity index is 142. The monoisotopic (exact) mass is 173 g/mol. The SMILES string of the molecule is CCC1CN1C(C)(S)C(C)C. The first-order chi connectivity index (χ1) is 5.00. The van der Waals surface area contributed by atoms with Crippen molar-refractivity contribution in [3.05, 3.63) is 0 Å². The molecule has 0 aromatic carbocycles. The zero-order valence-electron chi connectivity index (χ0n) is 7.96. The van der Waals surface area contributed by atoms with Crippen molar-refractivity contribution in [3.8, 4) is 0 Å². The summed E-state index contributed by atoms with van der Waals surface area (Å²) in [7, 11) is 0. The summed E-state index contributed by atoms with van der Waals surface area (Å²) in [4.78, 5) is 2.58. The molecule has 1 nitrogen and oxygen atoms in total. The van der Waals surface area contributed by atoms with E-state index in [1.54, 1.807) is 0 Å². The van der Waals surface area contributed by atoms with E-state index in [1.165, 1.54) is 13.0 Å². The van der Waals surface area contributed by atoms with E-state index in [4.69, 9.17) is 0 Å². The van der Waals surface area contributed by atoms with Gasteiger partial charge in [-0.1, -0.05) is 20.8 Å². The van der Waals surface area contributed by atoms with Crippen molar-refractivity contribution in [2.24, 2.45) is 5.92 Å². The second kappa shape index (κ2) is 2.98. The zero-order chi connectivity index (χ0) is 8.65. The predicted molar refractivity (Wildman–Crippen MR) is 53.0 cm³/mol. The van der Waals surface area contributed by atoms with Gasteiger partial charge in [0.2, 0.25) is 0 Å². The van der Waals surface area contributed by atoms with Crippen molar-refractivity contribution in [1.29, 1.82) is 0 Å². The normalized spacial score (nSPS) is 35.5. The summed E-state index contributed by atoms with van der Waals surface area (Å²) in [5.41, 5.74) is 0. The van der Waals surface area contributed by atoms with Crippen molar-refractivity contribution in [1.82, 2.24) is 4.90 Å². The van der Waals surface area contributed by atoms with Gasteiger partial charge in [-0.2, -0.15) is 12.6 Å². The highest BCUT2D eigenvalue weighted by molar-refractivity contribution is 7.81. The molecule has 0 radical (unpaired) electrons. The van der Waals surface area contributed by atoms with E-state index in [0.717, 1.165) is 6.04 Å². The lowest BCUT2D eigenvalue weighted by atomic mass is 10.1. The quantitative estimate of drug-likeness (QED) is 0.506. The van der Waals surface area contributed by atoms with Crippen LogP contribution in [0.3, 0.4) is 0 Å². The van der Waals surface area contributed by atoms with Gasteiger partial charge in [0.1, 0.15) is 0 Å². The Morgan fingerprint density at radius 2 is 2.18 bits per heavy atom. The minimum atomic E-state index is 0.112. The first kappa shape index (κ1) is 9.40. The van der Waals surface area contributed by atoms with Crippen LogP contribution >= 0.6 is 12.6 Å². The third kappa shape index (κ3) is 1.73. The summed E-state index contributed by atoms with van der Waals surface area (Å²) in [5, 5.41) is 0. The second-order valence-corrected chi connectivity index (χ2v) is 4.87. The number of hydrogen-bond acceptors (Lipinski definition) is 2. The maximum absolute atomic E-state index is 4.68. The molecular weight excluding hydrogens is 154 g/mol. The molecule has 1 fully saturated rings. The molecule has 0 aromatic heterocycles. The van der Waals surface area contributed by atoms with E-state index in [2.05, 4.69) is 45.2 Å². The molecule has 1 saturated heterocycles. The average Bonchev–Trinajstić information content (AvgIpc) is 2.65. The maximum atomic E-state index is 4.68. The molecule has 1 heterocycles. The van der Waals surface area contributed by atoms with Gasteiger partial charge < -0.3 is 0 Å². The van der Waals surface area contributed by atoms with Crippen LogP contribution in [0.5, 0.6) is 0 Å². The number of nitrogens with zero attached hydrogens (tertiary/aromatic N) is 1. The molecule has 66 valence electrons. The first-order valence-electron chi connectivity index (χ1n) is 4.49. The van der Waals surface area contributed by atoms with E-state index in [0.29, 0.717) is 5.92 Å². The Balaban J connectivity index is 2.48. The van der Waals surface area contributed by atoms with Crippen molar-refractivity contribution in [3.63, 3.8) is 0 Å². The Labute approximate surface area is 75.6 Å². The highest BCUT2D eigenvalue weighted by atomic mass is 32.1. The lowest BCUT2D eigenvalue weighted by Gasteiger charge is -2.30. The molecule has 3 atom stereocenters. The molecule has 0 amide bonds. The molecule has 3 unspecified atom stereocenters. The van der Waals surface area contributed by atoms with Gasteiger partial charge in [0.05, 0.1) is 4.87 Å². The highest BCUT2D eigenvalue weighted by Crippen LogP contribution is 2.38. The molecule has 2 heteroatoms. The summed E-state index contributed by atoms with van der Waals surface area (Å²) in [6.45, 7) is 10.2. The van der Waals surface area contributed by atoms with Crippen LogP contribution in [0.15, 0.2) is 0 Å². The van der Waals surface area contributed by atoms with Gasteiger partial charge in [-0.3, -0.25) is 4.90 Å². The molecule has 0 aromatic rings. The van der Waals surface area contributed by atoms with E-state index in [1.807, 2.05) is 0 Å². The van der Waals surface area contributed by atoms with Crippen LogP contribution in [-0.4, -0.2) is 22.4 Å². The van der Waals surface area contributed by atoms with E-state index in [-0.39, 0.29) is 4.87 Å². The van der Waals surface area contributed by atoms with Crippen LogP contribution in [-0.2, 0) is 0 Å². The topological polar surface area (TPSA) is 3.01 Å². The Hall–Kier alpha value is 0.310. The molecule has 0 N–H and O–H groups in total. The van der Waals surface area contributed by atoms with Gasteiger partial charge in [0, 0.05) is 12.6 Å². The van der Waals surface area contributed by atoms with Gasteiger partial charge in [0.25, 0.3) is 0 Å². The summed E-state index contributed by atoms with van der Waals surface area (Å²) in [5.74, 6) is 0.627. The number of hydrogen-bond donors (Lipinski definition) is 1. The molecular formula is C9H19NS. The Morgan fingerprint density at radius 3 is 2.45 bits per heavy atom. The maximum Gasteiger partial charge on any atom is 0.0638 e. The van der Waals surface area contributed by atoms with Gasteiger partial charge >= 0.3 is 0 Å². The zero-order valence-corrected chi connectivity index (χ0v) is 8.86. The molecule has 0 aliphatic carbocycles. The fraction of sp³-hybridized carbons (Fsp3) is 1.00. The number of rotatable bonds is 3. The van der Waals surface area contributed by atoms with Gasteiger partial charge in [0.15, 0.2) is 0 Å². The number of thiol groups is 1. The molecule has 0 spiro atoms. The van der Waals surface area contributed by atoms with E-state index < -0.39 is 0 Å². The van der Waals surface area contributed by atoms with Gasteiger partial charge in [-0.15, -0.1) is 0 Å². The molecule has 1 aliphatic heterocycles. The molecule has 0 bridgehead atoms. The Morgan fingerprint density at radius 1 is 1.64 bits per heavy atom. The predicted octanol–water partition coefficient (Wildman–Crippen LogP) is 2.38. The summed E-state index contributed by atoms with van der Waals surface area (Å²) < 4.78 is 0. The summed E-state index contributed by atoms with van der Waals surface area (Å²) >= 11 is 4.68. The minimum Gasteiger partial charge on any atom is -0.283 e. The average molecular weight is 173 g/mol. The third-order valence-corrected chi connectivity index (χ3v) is 3.63. The van der Waals surface area contributed by atoms with Gasteiger partial charge in [-0.05, 0) is 19.3 Å². The molecule has 1 rings (SSSR count). The van der Waals surface area contributed by atoms with Crippen LogP contribution in [0.4, 0.5) is 0 Å². The molecule has 1 aliphatic rings. The highest BCUT2D eigenvalue weighted by Gasteiger charge is 2.45. The second-order valence-electron chi connectivity index (χ2n) is 3.96. The largest absolute Gasteiger partial charge is 0.283 e. The lowest BCUT2D eigenvalue weighted by molar-refractivity contribution is 0.274. The first-order valence-corrected chi connectivity index (χ1v) is 4.94. The van der Waals surface area contributed by atoms with Crippen molar-refractivity contribution in [2.75, 3.05) is 6.54 Å². The van der Waals surface area contributed by atoms with Crippen LogP contribution in [0.2, 0.25) is 0 Å². The Kier molecular flexibility index (Phi) is 2.55. The summed E-state index contributed by atoms with van der Waals surface area (Å²) in [6, 6.07) is 0.805. The van der Waals surface area contributed by atoms with Crippen LogP contribution in [0, 0.1) is 5.92 Å². The van der Waals surface area contributed by atoms with Crippen LogP contribution < -0.4 is 0 Å². The van der Waals surface area contributed by atoms with Gasteiger partial charge in [-0.25, -0.2) is 0 Å². The lowest BCUT2D eigenvalue weighted by Crippen LogP contribution is -2.34. The van der Waals surface area contributed by atoms with Crippen molar-refractivity contribution >= 4 is 12.6 Å². The fourth-order valence-corrected chi connectivity index (χ4v) is 1.66. The van der Waals surface area contributed by atoms with Crippen molar-refractivity contribution in [2.45, 2.75) is 45.0 Å². The van der Waals surface area contributed by atoms with E-state index >= 15 is 0 Å². The molecule has 11 heavy (non-hydrogen) atoms. The standard InChI is InChI=1S/C9H19NS/c1-5-8-6-10(8)9(4,11)7(2)3/h7-8,11H,5-6H2,1-4H3. The summed E-state index contributed by atoms with van der Waals surface area (Å²) in [6.07, 6.45) is 1.27. The third-order valence-electron chi connectivity index (χ3n) is 2.86.